The molecule has 0 aliphatic carbocycles. The maximum atomic E-state index is 13.3. The summed E-state index contributed by atoms with van der Waals surface area (Å²) >= 11 is 0. The van der Waals surface area contributed by atoms with E-state index in [4.69, 9.17) is 9.47 Å². The molecule has 0 fully saturated rings. The Morgan fingerprint density at radius 3 is 2.17 bits per heavy atom. The molecule has 8 heteroatoms. The van der Waals surface area contributed by atoms with Gasteiger partial charge in [-0.1, -0.05) is 0 Å². The number of hydrogen-bond acceptors (Lipinski definition) is 6. The van der Waals surface area contributed by atoms with E-state index in [1.165, 1.54) is 4.57 Å². The van der Waals surface area contributed by atoms with Crippen molar-refractivity contribution in [1.82, 2.24) is 19.1 Å². The molecule has 3 heterocycles. The van der Waals surface area contributed by atoms with Gasteiger partial charge in [0.2, 0.25) is 0 Å². The second kappa shape index (κ2) is 8.20. The standard InChI is InChI=1S/C22H20N4O4/c1-29-17-10-16(11-18(12-17)30-2)14-25-19-4-3-7-24-20(19)21(27)26(22(25)28)13-15-5-8-23-9-6-15/h3-12H,13-14H2,1-2H3. The highest BCUT2D eigenvalue weighted by Gasteiger charge is 2.15. The van der Waals surface area contributed by atoms with Crippen molar-refractivity contribution in [2.75, 3.05) is 14.2 Å². The molecule has 0 spiro atoms. The van der Waals surface area contributed by atoms with E-state index < -0.39 is 11.2 Å². The number of nitrogens with zero attached hydrogens (tertiary/aromatic N) is 4. The Kier molecular flexibility index (Phi) is 5.30. The lowest BCUT2D eigenvalue weighted by molar-refractivity contribution is 0.393. The fourth-order valence-corrected chi connectivity index (χ4v) is 3.35. The first-order valence-electron chi connectivity index (χ1n) is 9.30. The quantitative estimate of drug-likeness (QED) is 0.489. The minimum atomic E-state index is -0.424. The van der Waals surface area contributed by atoms with Crippen molar-refractivity contribution in [3.63, 3.8) is 0 Å². The van der Waals surface area contributed by atoms with E-state index >= 15 is 0 Å². The number of hydrogen-bond donors (Lipinski definition) is 0. The molecule has 0 bridgehead atoms. The molecule has 0 amide bonds. The Balaban J connectivity index is 1.89. The molecule has 0 N–H and O–H groups in total. The van der Waals surface area contributed by atoms with Gasteiger partial charge in [-0.05, 0) is 47.5 Å². The van der Waals surface area contributed by atoms with Gasteiger partial charge >= 0.3 is 5.69 Å². The van der Waals surface area contributed by atoms with Crippen LogP contribution >= 0.6 is 0 Å². The SMILES string of the molecule is COc1cc(Cn2c(=O)n(Cc3ccncc3)c(=O)c3ncccc32)cc(OC)c1. The summed E-state index contributed by atoms with van der Waals surface area (Å²) in [5.74, 6) is 1.23. The van der Waals surface area contributed by atoms with Crippen molar-refractivity contribution in [2.45, 2.75) is 13.1 Å². The number of methoxy groups -OCH3 is 2. The van der Waals surface area contributed by atoms with Crippen LogP contribution in [0.4, 0.5) is 0 Å². The van der Waals surface area contributed by atoms with E-state index in [2.05, 4.69) is 9.97 Å². The number of benzene rings is 1. The number of aromatic nitrogens is 4. The molecule has 4 rings (SSSR count). The fraction of sp³-hybridized carbons (Fsp3) is 0.182. The second-order valence-electron chi connectivity index (χ2n) is 6.71. The summed E-state index contributed by atoms with van der Waals surface area (Å²) in [5.41, 5.74) is 1.47. The zero-order chi connectivity index (χ0) is 21.1. The van der Waals surface area contributed by atoms with Gasteiger partial charge in [0.15, 0.2) is 5.52 Å². The molecule has 0 atom stereocenters. The van der Waals surface area contributed by atoms with Gasteiger partial charge in [0.25, 0.3) is 5.56 Å². The molecule has 0 aliphatic heterocycles. The van der Waals surface area contributed by atoms with Gasteiger partial charge in [0, 0.05) is 24.7 Å². The second-order valence-corrected chi connectivity index (χ2v) is 6.71. The van der Waals surface area contributed by atoms with Crippen LogP contribution < -0.4 is 20.7 Å². The molecule has 3 aromatic heterocycles. The van der Waals surface area contributed by atoms with Gasteiger partial charge in [0.05, 0.1) is 32.8 Å². The summed E-state index contributed by atoms with van der Waals surface area (Å²) in [5, 5.41) is 0. The average molecular weight is 404 g/mol. The van der Waals surface area contributed by atoms with E-state index in [9.17, 15) is 9.59 Å². The lowest BCUT2D eigenvalue weighted by Gasteiger charge is -2.15. The van der Waals surface area contributed by atoms with Crippen LogP contribution in [0.2, 0.25) is 0 Å². The van der Waals surface area contributed by atoms with Crippen molar-refractivity contribution in [1.29, 1.82) is 0 Å². The molecule has 30 heavy (non-hydrogen) atoms. The predicted octanol–water partition coefficient (Wildman–Crippen LogP) is 2.07. The van der Waals surface area contributed by atoms with Crippen LogP contribution in [0.25, 0.3) is 11.0 Å². The molecular formula is C22H20N4O4. The number of rotatable bonds is 6. The van der Waals surface area contributed by atoms with Gasteiger partial charge in [-0.15, -0.1) is 0 Å². The van der Waals surface area contributed by atoms with Gasteiger partial charge < -0.3 is 9.47 Å². The minimum absolute atomic E-state index is 0.133. The van der Waals surface area contributed by atoms with E-state index in [1.54, 1.807) is 67.7 Å². The fourth-order valence-electron chi connectivity index (χ4n) is 3.35. The van der Waals surface area contributed by atoms with Gasteiger partial charge in [0.1, 0.15) is 11.5 Å². The summed E-state index contributed by atoms with van der Waals surface area (Å²) in [6.45, 7) is 0.360. The van der Waals surface area contributed by atoms with Crippen LogP contribution in [0.3, 0.4) is 0 Å². The normalized spacial score (nSPS) is 10.9. The first-order valence-corrected chi connectivity index (χ1v) is 9.30. The van der Waals surface area contributed by atoms with E-state index in [0.29, 0.717) is 17.0 Å². The van der Waals surface area contributed by atoms with Crippen LogP contribution in [0.15, 0.2) is 70.6 Å². The maximum Gasteiger partial charge on any atom is 0.332 e. The molecular weight excluding hydrogens is 384 g/mol. The Bertz CT molecular complexity index is 1290. The highest BCUT2D eigenvalue weighted by molar-refractivity contribution is 5.73. The minimum Gasteiger partial charge on any atom is -0.497 e. The summed E-state index contributed by atoms with van der Waals surface area (Å²) < 4.78 is 13.4. The van der Waals surface area contributed by atoms with E-state index in [0.717, 1.165) is 11.1 Å². The molecule has 0 aliphatic rings. The zero-order valence-corrected chi connectivity index (χ0v) is 16.6. The topological polar surface area (TPSA) is 88.2 Å². The molecule has 8 nitrogen and oxygen atoms in total. The van der Waals surface area contributed by atoms with Crippen LogP contribution in [0, 0.1) is 0 Å². The molecule has 0 saturated heterocycles. The van der Waals surface area contributed by atoms with Crippen LogP contribution in [-0.2, 0) is 13.1 Å². The molecule has 0 saturated carbocycles. The number of fused-ring (bicyclic) bond motifs is 1. The zero-order valence-electron chi connectivity index (χ0n) is 16.6. The maximum absolute atomic E-state index is 13.3. The smallest absolute Gasteiger partial charge is 0.332 e. The highest BCUT2D eigenvalue weighted by Crippen LogP contribution is 2.23. The van der Waals surface area contributed by atoms with Gasteiger partial charge in [-0.2, -0.15) is 0 Å². The Morgan fingerprint density at radius 2 is 1.50 bits per heavy atom. The van der Waals surface area contributed by atoms with Crippen molar-refractivity contribution in [3.05, 3.63) is 93.0 Å². The first kappa shape index (κ1) is 19.4. The van der Waals surface area contributed by atoms with Crippen molar-refractivity contribution in [2.24, 2.45) is 0 Å². The lowest BCUT2D eigenvalue weighted by atomic mass is 10.2. The molecule has 152 valence electrons. The largest absolute Gasteiger partial charge is 0.497 e. The number of ether oxygens (including phenoxy) is 2. The Hall–Kier alpha value is -3.94. The Labute approximate surface area is 172 Å². The monoisotopic (exact) mass is 404 g/mol. The highest BCUT2D eigenvalue weighted by atomic mass is 16.5. The van der Waals surface area contributed by atoms with Crippen LogP contribution in [0.1, 0.15) is 11.1 Å². The predicted molar refractivity (Wildman–Crippen MR) is 112 cm³/mol. The lowest BCUT2D eigenvalue weighted by Crippen LogP contribution is -2.40. The molecule has 0 radical (unpaired) electrons. The van der Waals surface area contributed by atoms with Crippen molar-refractivity contribution < 1.29 is 9.47 Å². The van der Waals surface area contributed by atoms with Crippen LogP contribution in [0.5, 0.6) is 11.5 Å². The first-order chi connectivity index (χ1) is 14.6. The van der Waals surface area contributed by atoms with Crippen molar-refractivity contribution in [3.8, 4) is 11.5 Å². The summed E-state index contributed by atoms with van der Waals surface area (Å²) in [7, 11) is 3.14. The third-order valence-corrected chi connectivity index (χ3v) is 4.83. The van der Waals surface area contributed by atoms with Gasteiger partial charge in [-0.25, -0.2) is 9.78 Å². The molecule has 0 unspecified atom stereocenters. The third kappa shape index (κ3) is 3.67. The number of pyridine rings is 2. The van der Waals surface area contributed by atoms with E-state index in [-0.39, 0.29) is 18.6 Å². The average Bonchev–Trinajstić information content (AvgIpc) is 2.80. The van der Waals surface area contributed by atoms with Crippen molar-refractivity contribution >= 4 is 11.0 Å². The summed E-state index contributed by atoms with van der Waals surface area (Å²) in [6.07, 6.45) is 4.80. The summed E-state index contributed by atoms with van der Waals surface area (Å²) in [6, 6.07) is 12.4. The third-order valence-electron chi connectivity index (χ3n) is 4.83. The molecule has 1 aromatic carbocycles. The summed E-state index contributed by atoms with van der Waals surface area (Å²) in [4.78, 5) is 34.6. The molecule has 4 aromatic rings. The van der Waals surface area contributed by atoms with Crippen LogP contribution in [-0.4, -0.2) is 33.3 Å². The van der Waals surface area contributed by atoms with E-state index in [1.807, 2.05) is 12.1 Å². The Morgan fingerprint density at radius 1 is 0.833 bits per heavy atom. The van der Waals surface area contributed by atoms with Gasteiger partial charge in [-0.3, -0.25) is 18.9 Å².